The van der Waals surface area contributed by atoms with Crippen molar-refractivity contribution in [1.82, 2.24) is 19.7 Å². The van der Waals surface area contributed by atoms with E-state index in [-0.39, 0.29) is 0 Å². The molecule has 1 unspecified atom stereocenters. The highest BCUT2D eigenvalue weighted by molar-refractivity contribution is 5.79. The fourth-order valence-electron chi connectivity index (χ4n) is 5.31. The van der Waals surface area contributed by atoms with Crippen LogP contribution in [0, 0.1) is 17.3 Å². The van der Waals surface area contributed by atoms with Gasteiger partial charge in [0.05, 0.1) is 0 Å². The highest BCUT2D eigenvalue weighted by atomic mass is 16.2. The predicted octanol–water partition coefficient (Wildman–Crippen LogP) is 2.97. The van der Waals surface area contributed by atoms with Gasteiger partial charge >= 0.3 is 0 Å². The van der Waals surface area contributed by atoms with E-state index in [0.717, 1.165) is 44.2 Å². The molecule has 5 nitrogen and oxygen atoms in total. The summed E-state index contributed by atoms with van der Waals surface area (Å²) in [5, 5.41) is 8.75. The van der Waals surface area contributed by atoms with Crippen molar-refractivity contribution in [2.75, 3.05) is 13.1 Å². The average molecular weight is 328 g/mol. The molecule has 4 fully saturated rings. The van der Waals surface area contributed by atoms with E-state index >= 15 is 0 Å². The van der Waals surface area contributed by atoms with Crippen LogP contribution in [0.4, 0.5) is 0 Å². The van der Waals surface area contributed by atoms with Gasteiger partial charge in [0.15, 0.2) is 0 Å². The minimum absolute atomic E-state index is 0.294. The molecule has 3 saturated carbocycles. The van der Waals surface area contributed by atoms with Crippen LogP contribution in [0.1, 0.15) is 69.5 Å². The van der Waals surface area contributed by atoms with E-state index in [1.165, 1.54) is 44.9 Å². The fraction of sp³-hybridized carbons (Fsp3) is 0.842. The highest BCUT2D eigenvalue weighted by Crippen LogP contribution is 2.55. The van der Waals surface area contributed by atoms with Crippen molar-refractivity contribution in [3.63, 3.8) is 0 Å². The second kappa shape index (κ2) is 5.57. The van der Waals surface area contributed by atoms with Gasteiger partial charge < -0.3 is 9.47 Å². The average Bonchev–Trinajstić information content (AvgIpc) is 3.00. The first kappa shape index (κ1) is 14.9. The van der Waals surface area contributed by atoms with Crippen LogP contribution >= 0.6 is 0 Å². The molecule has 2 heterocycles. The largest absolute Gasteiger partial charge is 0.341 e. The topological polar surface area (TPSA) is 51.0 Å². The molecule has 0 aromatic carbocycles. The maximum Gasteiger partial charge on any atom is 0.225 e. The Labute approximate surface area is 143 Å². The molecule has 1 amide bonds. The predicted molar refractivity (Wildman–Crippen MR) is 90.3 cm³/mol. The van der Waals surface area contributed by atoms with Gasteiger partial charge in [-0.3, -0.25) is 4.79 Å². The molecule has 0 radical (unpaired) electrons. The zero-order chi connectivity index (χ0) is 16.1. The smallest absolute Gasteiger partial charge is 0.225 e. The Hall–Kier alpha value is -1.39. The molecule has 1 aliphatic heterocycles. The number of rotatable bonds is 4. The van der Waals surface area contributed by atoms with Crippen LogP contribution in [0.25, 0.3) is 0 Å². The van der Waals surface area contributed by atoms with Crippen LogP contribution in [0.15, 0.2) is 6.33 Å². The monoisotopic (exact) mass is 328 g/mol. The standard InChI is InChI=1S/C19H28N4O/c24-18(15-4-1-2-5-15)22-11-16(19(12-22)8-3-9-19)17-21-20-13-23(17)10-14-6-7-14/h13-16H,1-12H2. The minimum Gasteiger partial charge on any atom is -0.341 e. The lowest BCUT2D eigenvalue weighted by molar-refractivity contribution is -0.135. The summed E-state index contributed by atoms with van der Waals surface area (Å²) in [5.41, 5.74) is 0.294. The lowest BCUT2D eigenvalue weighted by atomic mass is 9.62. The van der Waals surface area contributed by atoms with Crippen molar-refractivity contribution >= 4 is 5.91 Å². The molecule has 5 heteroatoms. The van der Waals surface area contributed by atoms with Gasteiger partial charge in [0.2, 0.25) is 5.91 Å². The molecule has 4 aliphatic rings. The third kappa shape index (κ3) is 2.39. The summed E-state index contributed by atoms with van der Waals surface area (Å²) in [7, 11) is 0. The second-order valence-electron chi connectivity index (χ2n) is 8.75. The minimum atomic E-state index is 0.294. The third-order valence-electron chi connectivity index (χ3n) is 7.12. The molecule has 1 atom stereocenters. The number of amides is 1. The summed E-state index contributed by atoms with van der Waals surface area (Å²) < 4.78 is 2.30. The Kier molecular flexibility index (Phi) is 3.46. The first-order chi connectivity index (χ1) is 11.8. The van der Waals surface area contributed by atoms with E-state index in [1.54, 1.807) is 0 Å². The van der Waals surface area contributed by atoms with Gasteiger partial charge in [0.1, 0.15) is 12.2 Å². The Bertz CT molecular complexity index is 625. The van der Waals surface area contributed by atoms with Crippen LogP contribution in [0.2, 0.25) is 0 Å². The SMILES string of the molecule is O=C(C1CCCC1)N1CC(c2nncn2CC2CC2)C2(CCC2)C1. The zero-order valence-corrected chi connectivity index (χ0v) is 14.5. The van der Waals surface area contributed by atoms with Gasteiger partial charge in [0, 0.05) is 31.5 Å². The maximum absolute atomic E-state index is 12.9. The molecule has 0 N–H and O–H groups in total. The number of carbonyl (C=O) groups is 1. The number of likely N-dealkylation sites (tertiary alicyclic amines) is 1. The van der Waals surface area contributed by atoms with Crippen LogP contribution in [-0.4, -0.2) is 38.7 Å². The molecule has 130 valence electrons. The third-order valence-corrected chi connectivity index (χ3v) is 7.12. The lowest BCUT2D eigenvalue weighted by Gasteiger charge is -2.42. The van der Waals surface area contributed by atoms with E-state index in [4.69, 9.17) is 0 Å². The van der Waals surface area contributed by atoms with Crippen LogP contribution < -0.4 is 0 Å². The molecule has 24 heavy (non-hydrogen) atoms. The van der Waals surface area contributed by atoms with E-state index in [9.17, 15) is 4.79 Å². The normalized spacial score (nSPS) is 29.3. The van der Waals surface area contributed by atoms with Gasteiger partial charge in [-0.25, -0.2) is 0 Å². The Balaban J connectivity index is 1.38. The van der Waals surface area contributed by atoms with Crippen LogP contribution in [0.5, 0.6) is 0 Å². The number of nitrogens with zero attached hydrogens (tertiary/aromatic N) is 4. The highest BCUT2D eigenvalue weighted by Gasteiger charge is 2.54. The quantitative estimate of drug-likeness (QED) is 0.854. The van der Waals surface area contributed by atoms with E-state index in [2.05, 4.69) is 19.7 Å². The summed E-state index contributed by atoms with van der Waals surface area (Å²) in [6.45, 7) is 2.91. The number of carbonyl (C=O) groups excluding carboxylic acids is 1. The summed E-state index contributed by atoms with van der Waals surface area (Å²) >= 11 is 0. The molecule has 1 aromatic heterocycles. The molecule has 5 rings (SSSR count). The zero-order valence-electron chi connectivity index (χ0n) is 14.5. The summed E-state index contributed by atoms with van der Waals surface area (Å²) in [4.78, 5) is 15.1. The van der Waals surface area contributed by atoms with E-state index in [1.807, 2.05) is 6.33 Å². The van der Waals surface area contributed by atoms with Crippen molar-refractivity contribution in [2.45, 2.75) is 70.3 Å². The molecule has 0 bridgehead atoms. The van der Waals surface area contributed by atoms with Crippen molar-refractivity contribution in [2.24, 2.45) is 17.3 Å². The molecule has 1 aromatic rings. The van der Waals surface area contributed by atoms with Gasteiger partial charge in [-0.15, -0.1) is 10.2 Å². The maximum atomic E-state index is 12.9. The van der Waals surface area contributed by atoms with E-state index in [0.29, 0.717) is 23.2 Å². The van der Waals surface area contributed by atoms with Crippen molar-refractivity contribution in [3.05, 3.63) is 12.2 Å². The number of aromatic nitrogens is 3. The molecule has 1 spiro atoms. The van der Waals surface area contributed by atoms with Crippen LogP contribution in [-0.2, 0) is 11.3 Å². The lowest BCUT2D eigenvalue weighted by Crippen LogP contribution is -2.39. The Morgan fingerprint density at radius 2 is 1.96 bits per heavy atom. The second-order valence-corrected chi connectivity index (χ2v) is 8.75. The molecular formula is C19H28N4O. The molecule has 1 saturated heterocycles. The van der Waals surface area contributed by atoms with Gasteiger partial charge in [-0.05, 0) is 49.9 Å². The number of hydrogen-bond donors (Lipinski definition) is 0. The van der Waals surface area contributed by atoms with Crippen molar-refractivity contribution in [3.8, 4) is 0 Å². The van der Waals surface area contributed by atoms with Gasteiger partial charge in [0.25, 0.3) is 0 Å². The Morgan fingerprint density at radius 1 is 1.17 bits per heavy atom. The Morgan fingerprint density at radius 3 is 2.62 bits per heavy atom. The van der Waals surface area contributed by atoms with Gasteiger partial charge in [-0.2, -0.15) is 0 Å². The summed E-state index contributed by atoms with van der Waals surface area (Å²) in [6.07, 6.45) is 13.1. The van der Waals surface area contributed by atoms with Crippen molar-refractivity contribution in [1.29, 1.82) is 0 Å². The summed E-state index contributed by atoms with van der Waals surface area (Å²) in [6, 6.07) is 0. The van der Waals surface area contributed by atoms with Crippen molar-refractivity contribution < 1.29 is 4.79 Å². The summed E-state index contributed by atoms with van der Waals surface area (Å²) in [5.74, 6) is 3.11. The first-order valence-corrected chi connectivity index (χ1v) is 9.92. The molecule has 3 aliphatic carbocycles. The van der Waals surface area contributed by atoms with Gasteiger partial charge in [-0.1, -0.05) is 19.3 Å². The fourth-order valence-corrected chi connectivity index (χ4v) is 5.31. The number of hydrogen-bond acceptors (Lipinski definition) is 3. The molecular weight excluding hydrogens is 300 g/mol. The van der Waals surface area contributed by atoms with Crippen LogP contribution in [0.3, 0.4) is 0 Å². The van der Waals surface area contributed by atoms with E-state index < -0.39 is 0 Å². The first-order valence-electron chi connectivity index (χ1n) is 9.92.